The first-order valence-electron chi connectivity index (χ1n) is 9.89. The molecule has 4 aromatic rings. The summed E-state index contributed by atoms with van der Waals surface area (Å²) in [6, 6.07) is 17.7. The Balaban J connectivity index is 1.37. The fourth-order valence-corrected chi connectivity index (χ4v) is 6.40. The van der Waals surface area contributed by atoms with Crippen molar-refractivity contribution in [2.75, 3.05) is 11.5 Å². The van der Waals surface area contributed by atoms with E-state index in [4.69, 9.17) is 0 Å². The Morgan fingerprint density at radius 2 is 1.14 bits per heavy atom. The van der Waals surface area contributed by atoms with Gasteiger partial charge in [-0.05, 0) is 37.1 Å². The molecule has 2 aromatic carbocycles. The van der Waals surface area contributed by atoms with E-state index in [9.17, 15) is 0 Å². The fourth-order valence-electron chi connectivity index (χ4n) is 3.58. The number of hydrogen-bond donors (Lipinski definition) is 0. The van der Waals surface area contributed by atoms with Crippen LogP contribution in [-0.2, 0) is 0 Å². The fraction of sp³-hybridized carbons (Fsp3) is 0.364. The quantitative estimate of drug-likeness (QED) is 0.237. The van der Waals surface area contributed by atoms with Crippen molar-refractivity contribution in [2.24, 2.45) is 0 Å². The van der Waals surface area contributed by atoms with E-state index < -0.39 is 0 Å². The third-order valence-electron chi connectivity index (χ3n) is 5.30. The maximum Gasteiger partial charge on any atom is 0.0961 e. The van der Waals surface area contributed by atoms with Gasteiger partial charge in [0.05, 0.1) is 34.7 Å². The molecule has 0 spiro atoms. The predicted molar refractivity (Wildman–Crippen MR) is 123 cm³/mol. The van der Waals surface area contributed by atoms with E-state index in [1.807, 2.05) is 34.2 Å². The van der Waals surface area contributed by atoms with Gasteiger partial charge in [0.15, 0.2) is 0 Å². The minimum atomic E-state index is 0.471. The topological polar surface area (TPSA) is 35.6 Å². The molecular weight excluding hydrogens is 384 g/mol. The van der Waals surface area contributed by atoms with Crippen LogP contribution in [-0.4, -0.2) is 30.6 Å². The molecule has 0 bridgehead atoms. The van der Waals surface area contributed by atoms with Crippen LogP contribution >= 0.6 is 21.6 Å². The van der Waals surface area contributed by atoms with Gasteiger partial charge < -0.3 is 9.13 Å². The molecule has 2 unspecified atom stereocenters. The molecule has 0 N–H and O–H groups in total. The van der Waals surface area contributed by atoms with Crippen LogP contribution in [0.4, 0.5) is 0 Å². The van der Waals surface area contributed by atoms with Crippen molar-refractivity contribution >= 4 is 43.7 Å². The largest absolute Gasteiger partial charge is 0.327 e. The van der Waals surface area contributed by atoms with Crippen LogP contribution in [0, 0.1) is 0 Å². The van der Waals surface area contributed by atoms with Gasteiger partial charge in [0, 0.05) is 23.6 Å². The Kier molecular flexibility index (Phi) is 6.27. The van der Waals surface area contributed by atoms with Crippen LogP contribution in [0.15, 0.2) is 61.2 Å². The Bertz CT molecular complexity index is 955. The van der Waals surface area contributed by atoms with Crippen molar-refractivity contribution in [3.63, 3.8) is 0 Å². The summed E-state index contributed by atoms with van der Waals surface area (Å²) in [6.07, 6.45) is 6.21. The van der Waals surface area contributed by atoms with Gasteiger partial charge in [0.25, 0.3) is 0 Å². The molecule has 0 fully saturated rings. The van der Waals surface area contributed by atoms with Gasteiger partial charge in [-0.15, -0.1) is 0 Å². The van der Waals surface area contributed by atoms with Gasteiger partial charge in [0.2, 0.25) is 0 Å². The van der Waals surface area contributed by atoms with Crippen molar-refractivity contribution < 1.29 is 0 Å². The molecule has 4 nitrogen and oxygen atoms in total. The molecule has 0 aliphatic heterocycles. The van der Waals surface area contributed by atoms with E-state index in [0.717, 1.165) is 35.4 Å². The second kappa shape index (κ2) is 9.05. The number of rotatable bonds is 9. The number of para-hydroxylation sites is 4. The second-order valence-corrected chi connectivity index (χ2v) is 9.53. The smallest absolute Gasteiger partial charge is 0.0961 e. The number of hydrogen-bond acceptors (Lipinski definition) is 4. The summed E-state index contributed by atoms with van der Waals surface area (Å²) >= 11 is 0. The van der Waals surface area contributed by atoms with Gasteiger partial charge in [-0.25, -0.2) is 9.97 Å². The molecular formula is C22H26N4S2. The van der Waals surface area contributed by atoms with Crippen LogP contribution in [0.1, 0.15) is 38.8 Å². The first-order chi connectivity index (χ1) is 13.8. The third kappa shape index (κ3) is 3.94. The van der Waals surface area contributed by atoms with Crippen molar-refractivity contribution in [1.29, 1.82) is 0 Å². The van der Waals surface area contributed by atoms with Gasteiger partial charge in [0.1, 0.15) is 0 Å². The predicted octanol–water partition coefficient (Wildman–Crippen LogP) is 6.37. The molecule has 28 heavy (non-hydrogen) atoms. The van der Waals surface area contributed by atoms with Gasteiger partial charge >= 0.3 is 0 Å². The first kappa shape index (κ1) is 19.4. The van der Waals surface area contributed by atoms with Crippen LogP contribution in [0.5, 0.6) is 0 Å². The van der Waals surface area contributed by atoms with Crippen molar-refractivity contribution in [1.82, 2.24) is 19.1 Å². The lowest BCUT2D eigenvalue weighted by Gasteiger charge is -2.19. The van der Waals surface area contributed by atoms with Crippen molar-refractivity contribution in [3.8, 4) is 0 Å². The van der Waals surface area contributed by atoms with Gasteiger partial charge in [-0.3, -0.25) is 0 Å². The summed E-state index contributed by atoms with van der Waals surface area (Å²) in [5, 5.41) is 0. The summed E-state index contributed by atoms with van der Waals surface area (Å²) in [5.41, 5.74) is 4.63. The highest BCUT2D eigenvalue weighted by Gasteiger charge is 2.15. The molecule has 6 heteroatoms. The lowest BCUT2D eigenvalue weighted by Crippen LogP contribution is -2.11. The molecule has 146 valence electrons. The zero-order chi connectivity index (χ0) is 19.3. The van der Waals surface area contributed by atoms with Crippen LogP contribution in [0.2, 0.25) is 0 Å². The van der Waals surface area contributed by atoms with Crippen molar-refractivity contribution in [2.45, 2.75) is 38.8 Å². The molecule has 0 saturated carbocycles. The molecule has 0 saturated heterocycles. The molecule has 0 aliphatic rings. The highest BCUT2D eigenvalue weighted by atomic mass is 33.1. The summed E-state index contributed by atoms with van der Waals surface area (Å²) in [7, 11) is 3.95. The third-order valence-corrected chi connectivity index (χ3v) is 7.82. The normalized spacial score (nSPS) is 13.9. The molecule has 2 heterocycles. The standard InChI is InChI=1S/C22H26N4S2/c1-3-17(25-15-23-19-9-5-7-11-21(19)25)13-27-28-14-18(4-2)26-16-24-20-10-6-8-12-22(20)26/h5-12,15-18H,3-4,13-14H2,1-2H3. The van der Waals surface area contributed by atoms with Crippen molar-refractivity contribution in [3.05, 3.63) is 61.2 Å². The lowest BCUT2D eigenvalue weighted by atomic mass is 10.2. The Hall–Kier alpha value is -1.92. The number of fused-ring (bicyclic) bond motifs is 2. The van der Waals surface area contributed by atoms with E-state index in [-0.39, 0.29) is 0 Å². The highest BCUT2D eigenvalue weighted by Crippen LogP contribution is 2.33. The summed E-state index contributed by atoms with van der Waals surface area (Å²) in [6.45, 7) is 4.52. The number of aromatic nitrogens is 4. The summed E-state index contributed by atoms with van der Waals surface area (Å²) in [4.78, 5) is 9.11. The monoisotopic (exact) mass is 410 g/mol. The lowest BCUT2D eigenvalue weighted by molar-refractivity contribution is 0.552. The molecule has 0 radical (unpaired) electrons. The Labute approximate surface area is 174 Å². The summed E-state index contributed by atoms with van der Waals surface area (Å²) in [5.74, 6) is 2.17. The van der Waals surface area contributed by atoms with Crippen LogP contribution < -0.4 is 0 Å². The van der Waals surface area contributed by atoms with Gasteiger partial charge in [-0.2, -0.15) is 0 Å². The van der Waals surface area contributed by atoms with Crippen LogP contribution in [0.3, 0.4) is 0 Å². The van der Waals surface area contributed by atoms with E-state index in [2.05, 4.69) is 81.5 Å². The zero-order valence-electron chi connectivity index (χ0n) is 16.4. The average Bonchev–Trinajstić information content (AvgIpc) is 3.36. The second-order valence-electron chi connectivity index (χ2n) is 6.97. The maximum absolute atomic E-state index is 4.56. The van der Waals surface area contributed by atoms with Crippen LogP contribution in [0.25, 0.3) is 22.1 Å². The van der Waals surface area contributed by atoms with E-state index in [1.165, 1.54) is 11.0 Å². The number of imidazole rings is 2. The zero-order valence-corrected chi connectivity index (χ0v) is 18.0. The molecule has 2 atom stereocenters. The van der Waals surface area contributed by atoms with E-state index in [1.54, 1.807) is 0 Å². The molecule has 2 aromatic heterocycles. The Morgan fingerprint density at radius 3 is 1.57 bits per heavy atom. The molecule has 0 amide bonds. The Morgan fingerprint density at radius 1 is 0.714 bits per heavy atom. The number of benzene rings is 2. The first-order valence-corrected chi connectivity index (χ1v) is 12.4. The van der Waals surface area contributed by atoms with E-state index >= 15 is 0 Å². The number of nitrogens with zero attached hydrogens (tertiary/aromatic N) is 4. The minimum Gasteiger partial charge on any atom is -0.327 e. The highest BCUT2D eigenvalue weighted by molar-refractivity contribution is 8.76. The van der Waals surface area contributed by atoms with E-state index in [0.29, 0.717) is 12.1 Å². The minimum absolute atomic E-state index is 0.471. The molecule has 4 rings (SSSR count). The molecule has 0 aliphatic carbocycles. The SMILES string of the molecule is CCC(CSSCC(CC)n1cnc2ccccc21)n1cnc2ccccc21. The van der Waals surface area contributed by atoms with Gasteiger partial charge in [-0.1, -0.05) is 59.7 Å². The summed E-state index contributed by atoms with van der Waals surface area (Å²) < 4.78 is 4.67. The average molecular weight is 411 g/mol. The maximum atomic E-state index is 4.56.